The molecule has 0 spiro atoms. The van der Waals surface area contributed by atoms with Gasteiger partial charge in [-0.15, -0.1) is 0 Å². The van der Waals surface area contributed by atoms with Crippen LogP contribution in [0.4, 0.5) is 17.2 Å². The molecule has 0 atom stereocenters. The summed E-state index contributed by atoms with van der Waals surface area (Å²) in [5, 5.41) is 12.3. The molecular formula is C14H15N5. The number of nitrogen functional groups attached to an aromatic ring is 1. The first-order valence-corrected chi connectivity index (χ1v) is 5.84. The summed E-state index contributed by atoms with van der Waals surface area (Å²) in [5.41, 5.74) is 8.40. The fourth-order valence-electron chi connectivity index (χ4n) is 1.79. The van der Waals surface area contributed by atoms with Crippen molar-refractivity contribution in [3.05, 3.63) is 47.4 Å². The van der Waals surface area contributed by atoms with E-state index in [4.69, 9.17) is 5.73 Å². The fourth-order valence-corrected chi connectivity index (χ4v) is 1.79. The highest BCUT2D eigenvalue weighted by Crippen LogP contribution is 2.15. The Morgan fingerprint density at radius 2 is 2.00 bits per heavy atom. The van der Waals surface area contributed by atoms with E-state index in [9.17, 15) is 5.26 Å². The van der Waals surface area contributed by atoms with Gasteiger partial charge in [-0.25, -0.2) is 4.99 Å². The van der Waals surface area contributed by atoms with Crippen LogP contribution < -0.4 is 16.5 Å². The second kappa shape index (κ2) is 5.27. The Balaban J connectivity index is 2.79. The highest BCUT2D eigenvalue weighted by Gasteiger charge is 2.08. The predicted molar refractivity (Wildman–Crippen MR) is 75.8 cm³/mol. The first-order chi connectivity index (χ1) is 9.17. The van der Waals surface area contributed by atoms with Crippen molar-refractivity contribution >= 4 is 17.2 Å². The van der Waals surface area contributed by atoms with Crippen molar-refractivity contribution in [3.8, 4) is 6.07 Å². The van der Waals surface area contributed by atoms with Crippen LogP contribution in [0.3, 0.4) is 0 Å². The van der Waals surface area contributed by atoms with Crippen molar-refractivity contribution in [1.82, 2.24) is 4.57 Å². The normalized spacial score (nSPS) is 11.1. The van der Waals surface area contributed by atoms with E-state index in [2.05, 4.69) is 16.4 Å². The molecule has 1 aromatic carbocycles. The summed E-state index contributed by atoms with van der Waals surface area (Å²) in [6.45, 7) is 0. The standard InChI is InChI=1S/C14H15N5/c1-17-12-8-13(16)19(2)14(11(12)9-15)18-10-6-4-3-5-7-10/h3-8,17H,16H2,1-2H3/b18-14+. The van der Waals surface area contributed by atoms with E-state index in [0.717, 1.165) is 5.69 Å². The van der Waals surface area contributed by atoms with Gasteiger partial charge in [0.05, 0.1) is 11.4 Å². The van der Waals surface area contributed by atoms with E-state index in [1.165, 1.54) is 0 Å². The molecule has 5 heteroatoms. The van der Waals surface area contributed by atoms with E-state index in [0.29, 0.717) is 22.6 Å². The number of nitrogens with two attached hydrogens (primary N) is 1. The monoisotopic (exact) mass is 253 g/mol. The molecule has 0 radical (unpaired) electrons. The van der Waals surface area contributed by atoms with Crippen LogP contribution in [0.1, 0.15) is 5.56 Å². The molecule has 0 unspecified atom stereocenters. The maximum Gasteiger partial charge on any atom is 0.154 e. The second-order valence-corrected chi connectivity index (χ2v) is 4.05. The summed E-state index contributed by atoms with van der Waals surface area (Å²) in [6, 6.07) is 13.4. The molecule has 0 saturated carbocycles. The van der Waals surface area contributed by atoms with E-state index < -0.39 is 0 Å². The Morgan fingerprint density at radius 1 is 1.32 bits per heavy atom. The minimum absolute atomic E-state index is 0.475. The highest BCUT2D eigenvalue weighted by molar-refractivity contribution is 5.61. The van der Waals surface area contributed by atoms with E-state index >= 15 is 0 Å². The maximum atomic E-state index is 9.32. The molecular weight excluding hydrogens is 238 g/mol. The zero-order chi connectivity index (χ0) is 13.8. The van der Waals surface area contributed by atoms with Gasteiger partial charge in [0.15, 0.2) is 5.49 Å². The number of benzene rings is 1. The van der Waals surface area contributed by atoms with Crippen LogP contribution in [0, 0.1) is 11.3 Å². The van der Waals surface area contributed by atoms with Crippen LogP contribution in [0.2, 0.25) is 0 Å². The number of hydrogen-bond acceptors (Lipinski definition) is 4. The summed E-state index contributed by atoms with van der Waals surface area (Å²) < 4.78 is 1.70. The minimum atomic E-state index is 0.475. The lowest BCUT2D eigenvalue weighted by molar-refractivity contribution is 0.844. The van der Waals surface area contributed by atoms with Gasteiger partial charge < -0.3 is 15.6 Å². The quantitative estimate of drug-likeness (QED) is 0.855. The highest BCUT2D eigenvalue weighted by atomic mass is 15.1. The van der Waals surface area contributed by atoms with Gasteiger partial charge in [-0.1, -0.05) is 18.2 Å². The number of nitrogens with zero attached hydrogens (tertiary/aromatic N) is 3. The summed E-state index contributed by atoms with van der Waals surface area (Å²) in [7, 11) is 3.54. The summed E-state index contributed by atoms with van der Waals surface area (Å²) >= 11 is 0. The smallest absolute Gasteiger partial charge is 0.154 e. The first kappa shape index (κ1) is 12.7. The molecule has 1 heterocycles. The number of para-hydroxylation sites is 1. The van der Waals surface area contributed by atoms with Crippen molar-refractivity contribution in [3.63, 3.8) is 0 Å². The third kappa shape index (κ3) is 2.43. The number of nitrogens with one attached hydrogen (secondary N) is 1. The Hall–Kier alpha value is -2.74. The van der Waals surface area contributed by atoms with Crippen LogP contribution in [0.5, 0.6) is 0 Å². The van der Waals surface area contributed by atoms with Crippen molar-refractivity contribution in [2.45, 2.75) is 0 Å². The molecule has 0 aliphatic carbocycles. The van der Waals surface area contributed by atoms with Crippen LogP contribution in [-0.2, 0) is 7.05 Å². The van der Waals surface area contributed by atoms with Crippen LogP contribution in [-0.4, -0.2) is 11.6 Å². The lowest BCUT2D eigenvalue weighted by atomic mass is 10.2. The van der Waals surface area contributed by atoms with Crippen molar-refractivity contribution in [2.24, 2.45) is 12.0 Å². The number of pyridine rings is 1. The molecule has 5 nitrogen and oxygen atoms in total. The third-order valence-corrected chi connectivity index (χ3v) is 2.86. The Labute approximate surface area is 111 Å². The molecule has 96 valence electrons. The maximum absolute atomic E-state index is 9.32. The number of rotatable bonds is 2. The average molecular weight is 253 g/mol. The van der Waals surface area contributed by atoms with E-state index in [1.807, 2.05) is 30.3 Å². The lowest BCUT2D eigenvalue weighted by Gasteiger charge is -2.11. The van der Waals surface area contributed by atoms with E-state index in [-0.39, 0.29) is 0 Å². The number of aromatic nitrogens is 1. The fraction of sp³-hybridized carbons (Fsp3) is 0.143. The molecule has 1 aromatic heterocycles. The van der Waals surface area contributed by atoms with Crippen LogP contribution in [0.25, 0.3) is 0 Å². The Morgan fingerprint density at radius 3 is 2.58 bits per heavy atom. The Kier molecular flexibility index (Phi) is 3.53. The topological polar surface area (TPSA) is 79.1 Å². The zero-order valence-electron chi connectivity index (χ0n) is 10.9. The minimum Gasteiger partial charge on any atom is -0.387 e. The number of anilines is 2. The van der Waals surface area contributed by atoms with Gasteiger partial charge in [-0.3, -0.25) is 0 Å². The van der Waals surface area contributed by atoms with Gasteiger partial charge in [0.2, 0.25) is 0 Å². The molecule has 0 amide bonds. The van der Waals surface area contributed by atoms with Crippen molar-refractivity contribution < 1.29 is 0 Å². The molecule has 19 heavy (non-hydrogen) atoms. The molecule has 0 bridgehead atoms. The van der Waals surface area contributed by atoms with Crippen molar-refractivity contribution in [2.75, 3.05) is 18.1 Å². The SMILES string of the molecule is CNc1cc(N)n(C)/c(=N/c2ccccc2)c1C#N. The van der Waals surface area contributed by atoms with Gasteiger partial charge in [-0.2, -0.15) is 5.26 Å². The van der Waals surface area contributed by atoms with Gasteiger partial charge in [0.25, 0.3) is 0 Å². The largest absolute Gasteiger partial charge is 0.387 e. The first-order valence-electron chi connectivity index (χ1n) is 5.84. The summed E-state index contributed by atoms with van der Waals surface area (Å²) in [4.78, 5) is 4.50. The molecule has 0 aliphatic heterocycles. The molecule has 0 fully saturated rings. The van der Waals surface area contributed by atoms with Gasteiger partial charge in [-0.05, 0) is 12.1 Å². The molecule has 0 saturated heterocycles. The summed E-state index contributed by atoms with van der Waals surface area (Å²) in [6.07, 6.45) is 0. The number of hydrogen-bond donors (Lipinski definition) is 2. The van der Waals surface area contributed by atoms with Crippen LogP contribution in [0.15, 0.2) is 41.4 Å². The number of nitriles is 1. The van der Waals surface area contributed by atoms with Crippen LogP contribution >= 0.6 is 0 Å². The second-order valence-electron chi connectivity index (χ2n) is 4.05. The Bertz CT molecular complexity index is 692. The zero-order valence-corrected chi connectivity index (χ0v) is 10.9. The lowest BCUT2D eigenvalue weighted by Crippen LogP contribution is -2.25. The van der Waals surface area contributed by atoms with E-state index in [1.54, 1.807) is 24.7 Å². The predicted octanol–water partition coefficient (Wildman–Crippen LogP) is 1.75. The van der Waals surface area contributed by atoms with Gasteiger partial charge >= 0.3 is 0 Å². The molecule has 2 aromatic rings. The molecule has 2 rings (SSSR count). The third-order valence-electron chi connectivity index (χ3n) is 2.86. The summed E-state index contributed by atoms with van der Waals surface area (Å²) in [5.74, 6) is 0.540. The van der Waals surface area contributed by atoms with Gasteiger partial charge in [0, 0.05) is 20.2 Å². The van der Waals surface area contributed by atoms with Gasteiger partial charge in [0.1, 0.15) is 17.5 Å². The van der Waals surface area contributed by atoms with Crippen molar-refractivity contribution in [1.29, 1.82) is 5.26 Å². The molecule has 0 aliphatic rings. The average Bonchev–Trinajstić information content (AvgIpc) is 2.44. The molecule has 3 N–H and O–H groups in total.